The van der Waals surface area contributed by atoms with Crippen molar-refractivity contribution in [3.8, 4) is 16.8 Å². The van der Waals surface area contributed by atoms with E-state index in [2.05, 4.69) is 29.0 Å². The third-order valence-electron chi connectivity index (χ3n) is 3.31. The topological polar surface area (TPSA) is 49.6 Å². The van der Waals surface area contributed by atoms with Gasteiger partial charge in [0.2, 0.25) is 0 Å². The fraction of sp³-hybridized carbons (Fsp3) is 0.312. The third kappa shape index (κ3) is 3.12. The minimum Gasteiger partial charge on any atom is -0.236 e. The van der Waals surface area contributed by atoms with Crippen LogP contribution in [0.2, 0.25) is 0 Å². The van der Waals surface area contributed by atoms with E-state index in [9.17, 15) is 0 Å². The number of nitrogens with zero attached hydrogens (tertiary/aromatic N) is 3. The van der Waals surface area contributed by atoms with Gasteiger partial charge < -0.3 is 0 Å². The van der Waals surface area contributed by atoms with Crippen LogP contribution in [0.4, 0.5) is 0 Å². The summed E-state index contributed by atoms with van der Waals surface area (Å²) in [7, 11) is 0. The molecule has 0 saturated heterocycles. The summed E-state index contributed by atoms with van der Waals surface area (Å²) in [6.07, 6.45) is 8.61. The Bertz CT molecular complexity index is 747. The Labute approximate surface area is 131 Å². The third-order valence-corrected chi connectivity index (χ3v) is 5.51. The zero-order chi connectivity index (χ0) is 14.7. The Hall–Kier alpha value is -1.77. The Morgan fingerprint density at radius 2 is 1.86 bits per heavy atom. The first-order chi connectivity index (χ1) is 10.3. The predicted molar refractivity (Wildman–Crippen MR) is 88.7 cm³/mol. The van der Waals surface area contributed by atoms with Crippen molar-refractivity contribution in [1.29, 1.82) is 5.26 Å². The standard InChI is InChI=1S/C16H15N3S2/c1-2-3-4-5-11-9-18-16(19-10-11)15-7-14-13(21-15)6-12(8-17)20-14/h6-7,9-10H,2-5H2,1H3. The van der Waals surface area contributed by atoms with E-state index in [1.165, 1.54) is 36.2 Å². The summed E-state index contributed by atoms with van der Waals surface area (Å²) in [5.74, 6) is 0.779. The van der Waals surface area contributed by atoms with Crippen LogP contribution in [0.15, 0.2) is 24.5 Å². The van der Waals surface area contributed by atoms with E-state index in [0.29, 0.717) is 0 Å². The minimum atomic E-state index is 0.759. The predicted octanol–water partition coefficient (Wildman–Crippen LogP) is 5.02. The van der Waals surface area contributed by atoms with Gasteiger partial charge in [0.25, 0.3) is 0 Å². The molecule has 0 atom stereocenters. The van der Waals surface area contributed by atoms with E-state index in [0.717, 1.165) is 31.4 Å². The molecule has 3 rings (SSSR count). The van der Waals surface area contributed by atoms with E-state index < -0.39 is 0 Å². The highest BCUT2D eigenvalue weighted by Crippen LogP contribution is 2.36. The summed E-state index contributed by atoms with van der Waals surface area (Å²) in [6.45, 7) is 2.21. The molecule has 0 spiro atoms. The second-order valence-electron chi connectivity index (χ2n) is 4.93. The number of fused-ring (bicyclic) bond motifs is 1. The van der Waals surface area contributed by atoms with Crippen molar-refractivity contribution < 1.29 is 0 Å². The normalized spacial score (nSPS) is 10.9. The summed E-state index contributed by atoms with van der Waals surface area (Å²) in [6, 6.07) is 6.21. The number of rotatable bonds is 5. The highest BCUT2D eigenvalue weighted by Gasteiger charge is 2.10. The van der Waals surface area contributed by atoms with Gasteiger partial charge in [-0.3, -0.25) is 0 Å². The summed E-state index contributed by atoms with van der Waals surface area (Å²) >= 11 is 3.17. The lowest BCUT2D eigenvalue weighted by Crippen LogP contribution is -1.91. The van der Waals surface area contributed by atoms with Gasteiger partial charge in [0.05, 0.1) is 4.88 Å². The fourth-order valence-electron chi connectivity index (χ4n) is 2.19. The van der Waals surface area contributed by atoms with Crippen LogP contribution >= 0.6 is 22.7 Å². The summed E-state index contributed by atoms with van der Waals surface area (Å²) < 4.78 is 2.28. The highest BCUT2D eigenvalue weighted by molar-refractivity contribution is 7.29. The van der Waals surface area contributed by atoms with Gasteiger partial charge in [0.15, 0.2) is 5.82 Å². The van der Waals surface area contributed by atoms with Gasteiger partial charge in [-0.1, -0.05) is 19.8 Å². The molecule has 3 heterocycles. The first-order valence-corrected chi connectivity index (χ1v) is 8.68. The molecular formula is C16H15N3S2. The second kappa shape index (κ2) is 6.33. The van der Waals surface area contributed by atoms with Crippen LogP contribution < -0.4 is 0 Å². The van der Waals surface area contributed by atoms with Gasteiger partial charge in [0.1, 0.15) is 10.9 Å². The quantitative estimate of drug-likeness (QED) is 0.621. The minimum absolute atomic E-state index is 0.759. The molecule has 0 saturated carbocycles. The first-order valence-electron chi connectivity index (χ1n) is 7.05. The lowest BCUT2D eigenvalue weighted by molar-refractivity contribution is 0.714. The van der Waals surface area contributed by atoms with Gasteiger partial charge >= 0.3 is 0 Å². The van der Waals surface area contributed by atoms with E-state index in [4.69, 9.17) is 5.26 Å². The second-order valence-corrected chi connectivity index (χ2v) is 7.10. The molecule has 0 aliphatic carbocycles. The van der Waals surface area contributed by atoms with Crippen molar-refractivity contribution in [2.24, 2.45) is 0 Å². The molecule has 0 aliphatic rings. The van der Waals surface area contributed by atoms with Crippen LogP contribution in [-0.2, 0) is 6.42 Å². The zero-order valence-corrected chi connectivity index (χ0v) is 13.4. The van der Waals surface area contributed by atoms with Crippen LogP contribution in [0.25, 0.3) is 20.1 Å². The van der Waals surface area contributed by atoms with E-state index in [1.807, 2.05) is 18.5 Å². The summed E-state index contributed by atoms with van der Waals surface area (Å²) in [5.41, 5.74) is 1.21. The van der Waals surface area contributed by atoms with Gasteiger partial charge in [-0.05, 0) is 30.5 Å². The molecule has 0 aromatic carbocycles. The molecule has 0 unspecified atom stereocenters. The zero-order valence-electron chi connectivity index (χ0n) is 11.8. The van der Waals surface area contributed by atoms with Gasteiger partial charge in [-0.25, -0.2) is 9.97 Å². The van der Waals surface area contributed by atoms with E-state index >= 15 is 0 Å². The molecule has 3 aromatic heterocycles. The number of aromatic nitrogens is 2. The average molecular weight is 313 g/mol. The Kier molecular flexibility index (Phi) is 4.28. The molecule has 5 heteroatoms. The molecule has 0 fully saturated rings. The van der Waals surface area contributed by atoms with Crippen molar-refractivity contribution in [2.45, 2.75) is 32.6 Å². The molecule has 3 aromatic rings. The number of nitriles is 1. The lowest BCUT2D eigenvalue weighted by Gasteiger charge is -2.00. The van der Waals surface area contributed by atoms with Crippen LogP contribution in [0.3, 0.4) is 0 Å². The van der Waals surface area contributed by atoms with Crippen molar-refractivity contribution in [3.05, 3.63) is 35.0 Å². The Morgan fingerprint density at radius 1 is 1.10 bits per heavy atom. The molecule has 3 nitrogen and oxygen atoms in total. The van der Waals surface area contributed by atoms with Gasteiger partial charge in [-0.15, -0.1) is 22.7 Å². The Morgan fingerprint density at radius 3 is 2.52 bits per heavy atom. The number of aryl methyl sites for hydroxylation is 1. The largest absolute Gasteiger partial charge is 0.236 e. The van der Waals surface area contributed by atoms with Gasteiger partial charge in [0, 0.05) is 21.8 Å². The Balaban J connectivity index is 1.78. The maximum atomic E-state index is 8.90. The smallest absolute Gasteiger partial charge is 0.169 e. The van der Waals surface area contributed by atoms with Crippen molar-refractivity contribution in [1.82, 2.24) is 9.97 Å². The summed E-state index contributed by atoms with van der Waals surface area (Å²) in [4.78, 5) is 10.8. The highest BCUT2D eigenvalue weighted by atomic mass is 32.1. The van der Waals surface area contributed by atoms with Gasteiger partial charge in [-0.2, -0.15) is 5.26 Å². The average Bonchev–Trinajstić information content (AvgIpc) is 3.06. The van der Waals surface area contributed by atoms with Crippen LogP contribution in [-0.4, -0.2) is 9.97 Å². The molecule has 0 bridgehead atoms. The number of thiophene rings is 2. The van der Waals surface area contributed by atoms with E-state index in [-0.39, 0.29) is 0 Å². The molecular weight excluding hydrogens is 298 g/mol. The van der Waals surface area contributed by atoms with Crippen molar-refractivity contribution in [3.63, 3.8) is 0 Å². The molecule has 106 valence electrons. The number of hydrogen-bond acceptors (Lipinski definition) is 5. The SMILES string of the molecule is CCCCCc1cnc(-c2cc3sc(C#N)cc3s2)nc1. The molecule has 21 heavy (non-hydrogen) atoms. The molecule has 0 aliphatic heterocycles. The number of unbranched alkanes of at least 4 members (excludes halogenated alkanes) is 2. The van der Waals surface area contributed by atoms with Crippen LogP contribution in [0, 0.1) is 11.3 Å². The lowest BCUT2D eigenvalue weighted by atomic mass is 10.1. The monoisotopic (exact) mass is 313 g/mol. The number of hydrogen-bond donors (Lipinski definition) is 0. The molecule has 0 amide bonds. The maximum Gasteiger partial charge on any atom is 0.169 e. The van der Waals surface area contributed by atoms with Crippen molar-refractivity contribution in [2.75, 3.05) is 0 Å². The first kappa shape index (κ1) is 14.2. The summed E-state index contributed by atoms with van der Waals surface area (Å²) in [5, 5.41) is 8.90. The fourth-order valence-corrected chi connectivity index (χ4v) is 4.33. The van der Waals surface area contributed by atoms with Crippen LogP contribution in [0.1, 0.15) is 36.6 Å². The maximum absolute atomic E-state index is 8.90. The van der Waals surface area contributed by atoms with E-state index in [1.54, 1.807) is 11.3 Å². The molecule has 0 radical (unpaired) electrons. The van der Waals surface area contributed by atoms with Crippen LogP contribution in [0.5, 0.6) is 0 Å². The van der Waals surface area contributed by atoms with Crippen molar-refractivity contribution >= 4 is 32.1 Å². The molecule has 0 N–H and O–H groups in total.